The molecule has 1 atom stereocenters. The zero-order valence-corrected chi connectivity index (χ0v) is 10.4. The molecule has 0 aliphatic heterocycles. The normalized spacial score (nSPS) is 11.7. The maximum absolute atomic E-state index is 11.5. The lowest BCUT2D eigenvalue weighted by atomic mass is 10.2. The Bertz CT molecular complexity index is 399. The minimum absolute atomic E-state index is 0.201. The Morgan fingerprint density at radius 2 is 1.88 bits per heavy atom. The fourth-order valence-electron chi connectivity index (χ4n) is 1.16. The molecule has 0 saturated heterocycles. The van der Waals surface area contributed by atoms with Gasteiger partial charge in [-0.05, 0) is 38.1 Å². The van der Waals surface area contributed by atoms with E-state index in [1.165, 1.54) is 6.92 Å². The van der Waals surface area contributed by atoms with Gasteiger partial charge in [0.15, 0.2) is 5.78 Å². The van der Waals surface area contributed by atoms with Gasteiger partial charge in [-0.2, -0.15) is 0 Å². The van der Waals surface area contributed by atoms with Crippen LogP contribution in [0.2, 0.25) is 5.02 Å². The minimum Gasteiger partial charge on any atom is -0.471 e. The molecule has 4 nitrogen and oxygen atoms in total. The number of carbonyl (C=O) groups excluding carboxylic acids is 2. The van der Waals surface area contributed by atoms with E-state index in [-0.39, 0.29) is 6.61 Å². The summed E-state index contributed by atoms with van der Waals surface area (Å²) in [5.74, 6) is -0.698. The van der Waals surface area contributed by atoms with Gasteiger partial charge in [-0.25, -0.2) is 4.79 Å². The van der Waals surface area contributed by atoms with Crippen molar-refractivity contribution in [2.75, 3.05) is 6.61 Å². The Morgan fingerprint density at radius 3 is 2.35 bits per heavy atom. The highest BCUT2D eigenvalue weighted by Crippen LogP contribution is 2.17. The lowest BCUT2D eigenvalue weighted by Gasteiger charge is -2.14. The fraction of sp³-hybridized carbons (Fsp3) is 0.333. The average molecular weight is 257 g/mol. The molecule has 0 aromatic heterocycles. The highest BCUT2D eigenvalue weighted by molar-refractivity contribution is 6.30. The van der Waals surface area contributed by atoms with Crippen LogP contribution in [0.15, 0.2) is 24.3 Å². The molecular formula is C12H13ClO4. The van der Waals surface area contributed by atoms with E-state index in [0.717, 1.165) is 0 Å². The van der Waals surface area contributed by atoms with Crippen molar-refractivity contribution in [3.63, 3.8) is 0 Å². The van der Waals surface area contributed by atoms with Gasteiger partial charge in [-0.1, -0.05) is 11.6 Å². The van der Waals surface area contributed by atoms with Crippen LogP contribution in [0.1, 0.15) is 13.8 Å². The van der Waals surface area contributed by atoms with Gasteiger partial charge in [0.05, 0.1) is 6.61 Å². The van der Waals surface area contributed by atoms with Crippen molar-refractivity contribution in [3.05, 3.63) is 29.3 Å². The molecule has 0 unspecified atom stereocenters. The highest BCUT2D eigenvalue weighted by Gasteiger charge is 2.26. The largest absolute Gasteiger partial charge is 0.471 e. The molecule has 92 valence electrons. The van der Waals surface area contributed by atoms with E-state index < -0.39 is 17.9 Å². The number of esters is 1. The van der Waals surface area contributed by atoms with Crippen molar-refractivity contribution in [3.8, 4) is 5.75 Å². The molecule has 0 aliphatic rings. The molecule has 0 heterocycles. The third kappa shape index (κ3) is 4.07. The number of carbonyl (C=O) groups is 2. The third-order valence-electron chi connectivity index (χ3n) is 1.94. The molecule has 1 rings (SSSR count). The molecule has 0 amide bonds. The van der Waals surface area contributed by atoms with Crippen molar-refractivity contribution in [2.45, 2.75) is 20.0 Å². The molecule has 1 aromatic rings. The Labute approximate surface area is 104 Å². The zero-order chi connectivity index (χ0) is 12.8. The summed E-state index contributed by atoms with van der Waals surface area (Å²) in [7, 11) is 0. The predicted molar refractivity (Wildman–Crippen MR) is 63.2 cm³/mol. The molecule has 0 fully saturated rings. The number of benzene rings is 1. The van der Waals surface area contributed by atoms with Crippen LogP contribution in [-0.4, -0.2) is 24.5 Å². The zero-order valence-electron chi connectivity index (χ0n) is 9.60. The van der Waals surface area contributed by atoms with Crippen LogP contribution in [-0.2, 0) is 14.3 Å². The van der Waals surface area contributed by atoms with E-state index in [2.05, 4.69) is 0 Å². The molecule has 0 N–H and O–H groups in total. The quantitative estimate of drug-likeness (QED) is 0.599. The molecule has 0 aliphatic carbocycles. The van der Waals surface area contributed by atoms with Crippen LogP contribution in [0.4, 0.5) is 0 Å². The van der Waals surface area contributed by atoms with Gasteiger partial charge in [0.25, 0.3) is 6.10 Å². The van der Waals surface area contributed by atoms with Crippen LogP contribution < -0.4 is 4.74 Å². The van der Waals surface area contributed by atoms with Gasteiger partial charge in [0.2, 0.25) is 0 Å². The Kier molecular flexibility index (Phi) is 4.97. The molecule has 0 saturated carbocycles. The summed E-state index contributed by atoms with van der Waals surface area (Å²) < 4.78 is 10.0. The fourth-order valence-corrected chi connectivity index (χ4v) is 1.29. The third-order valence-corrected chi connectivity index (χ3v) is 2.19. The van der Waals surface area contributed by atoms with Crippen LogP contribution in [0.25, 0.3) is 0 Å². The van der Waals surface area contributed by atoms with Gasteiger partial charge >= 0.3 is 5.97 Å². The van der Waals surface area contributed by atoms with Crippen LogP contribution in [0, 0.1) is 0 Å². The van der Waals surface area contributed by atoms with Crippen LogP contribution >= 0.6 is 11.6 Å². The first-order valence-corrected chi connectivity index (χ1v) is 5.51. The Morgan fingerprint density at radius 1 is 1.29 bits per heavy atom. The summed E-state index contributed by atoms with van der Waals surface area (Å²) in [6.07, 6.45) is -1.23. The SMILES string of the molecule is CCOC(=O)[C@@H](Oc1ccc(Cl)cc1)C(C)=O. The van der Waals surface area contributed by atoms with Crippen LogP contribution in [0.3, 0.4) is 0 Å². The molecule has 0 spiro atoms. The second kappa shape index (κ2) is 6.25. The highest BCUT2D eigenvalue weighted by atomic mass is 35.5. The van der Waals surface area contributed by atoms with Gasteiger partial charge in [-0.3, -0.25) is 4.79 Å². The van der Waals surface area contributed by atoms with Crippen molar-refractivity contribution in [1.82, 2.24) is 0 Å². The maximum Gasteiger partial charge on any atom is 0.355 e. The summed E-state index contributed by atoms with van der Waals surface area (Å²) in [6, 6.07) is 6.38. The monoisotopic (exact) mass is 256 g/mol. The molecule has 0 bridgehead atoms. The molecule has 0 radical (unpaired) electrons. The van der Waals surface area contributed by atoms with Gasteiger partial charge < -0.3 is 9.47 Å². The van der Waals surface area contributed by atoms with Crippen molar-refractivity contribution in [2.24, 2.45) is 0 Å². The van der Waals surface area contributed by atoms with E-state index in [4.69, 9.17) is 21.1 Å². The molecular weight excluding hydrogens is 244 g/mol. The van der Waals surface area contributed by atoms with Crippen molar-refractivity contribution in [1.29, 1.82) is 0 Å². The molecule has 5 heteroatoms. The van der Waals surface area contributed by atoms with Crippen molar-refractivity contribution >= 4 is 23.4 Å². The Hall–Kier alpha value is -1.55. The minimum atomic E-state index is -1.23. The topological polar surface area (TPSA) is 52.6 Å². The summed E-state index contributed by atoms with van der Waals surface area (Å²) in [4.78, 5) is 22.7. The van der Waals surface area contributed by atoms with E-state index in [0.29, 0.717) is 10.8 Å². The number of Topliss-reactive ketones (excluding diaryl/α,β-unsaturated/α-hetero) is 1. The standard InChI is InChI=1S/C12H13ClO4/c1-3-16-12(15)11(8(2)14)17-10-6-4-9(13)5-7-10/h4-7,11H,3H2,1-2H3/t11-/m0/s1. The maximum atomic E-state index is 11.5. The molecule has 17 heavy (non-hydrogen) atoms. The molecule has 1 aromatic carbocycles. The number of hydrogen-bond donors (Lipinski definition) is 0. The van der Waals surface area contributed by atoms with E-state index in [1.54, 1.807) is 31.2 Å². The Balaban J connectivity index is 2.76. The predicted octanol–water partition coefficient (Wildman–Crippen LogP) is 2.24. The first kappa shape index (κ1) is 13.5. The van der Waals surface area contributed by atoms with Crippen LogP contribution in [0.5, 0.6) is 5.75 Å². The van der Waals surface area contributed by atoms with Gasteiger partial charge in [0, 0.05) is 5.02 Å². The second-order valence-corrected chi connectivity index (χ2v) is 3.75. The van der Waals surface area contributed by atoms with E-state index in [1.807, 2.05) is 0 Å². The van der Waals surface area contributed by atoms with Gasteiger partial charge in [-0.15, -0.1) is 0 Å². The summed E-state index contributed by atoms with van der Waals surface area (Å²) in [6.45, 7) is 3.14. The smallest absolute Gasteiger partial charge is 0.355 e. The summed E-state index contributed by atoms with van der Waals surface area (Å²) in [5.41, 5.74) is 0. The first-order chi connectivity index (χ1) is 8.04. The van der Waals surface area contributed by atoms with Crippen molar-refractivity contribution < 1.29 is 19.1 Å². The van der Waals surface area contributed by atoms with E-state index >= 15 is 0 Å². The number of ether oxygens (including phenoxy) is 2. The average Bonchev–Trinajstić information content (AvgIpc) is 2.28. The summed E-state index contributed by atoms with van der Waals surface area (Å²) in [5, 5.41) is 0.549. The summed E-state index contributed by atoms with van der Waals surface area (Å²) >= 11 is 5.71. The van der Waals surface area contributed by atoms with E-state index in [9.17, 15) is 9.59 Å². The number of halogens is 1. The lowest BCUT2D eigenvalue weighted by Crippen LogP contribution is -2.35. The van der Waals surface area contributed by atoms with Gasteiger partial charge in [0.1, 0.15) is 5.75 Å². The number of rotatable bonds is 5. The second-order valence-electron chi connectivity index (χ2n) is 3.31. The number of ketones is 1. The number of hydrogen-bond acceptors (Lipinski definition) is 4. The first-order valence-electron chi connectivity index (χ1n) is 5.14. The lowest BCUT2D eigenvalue weighted by molar-refractivity contribution is -0.154.